The molecule has 4 aliphatic rings. The largest absolute Gasteiger partial charge is 0.504 e. The third-order valence-electron chi connectivity index (χ3n) is 7.66. The fourth-order valence-corrected chi connectivity index (χ4v) is 6.56. The number of amides is 1. The van der Waals surface area contributed by atoms with Gasteiger partial charge < -0.3 is 20.1 Å². The number of phenols is 1. The highest BCUT2D eigenvalue weighted by Crippen LogP contribution is 2.62. The van der Waals surface area contributed by atoms with Gasteiger partial charge in [0.25, 0.3) is 5.91 Å². The standard InChI is InChI=1S/C24H22Cl2N2O3/c1-28-9-8-24-14-4-6-17(27-23(30)13-2-5-15(25)16(26)10-13)22(24)31-21-19(29)7-3-12(20(21)24)11-18(14)28/h2-7,10,14,17-18,22,29H,8-9,11H2,1H3,(H,27,30). The Kier molecular flexibility index (Phi) is 4.17. The van der Waals surface area contributed by atoms with Crippen molar-refractivity contribution in [1.29, 1.82) is 0 Å². The Bertz CT molecular complexity index is 1150. The molecule has 2 aromatic carbocycles. The molecule has 2 aromatic rings. The lowest BCUT2D eigenvalue weighted by atomic mass is 9.53. The van der Waals surface area contributed by atoms with Crippen molar-refractivity contribution >= 4 is 29.1 Å². The number of halogens is 2. The lowest BCUT2D eigenvalue weighted by molar-refractivity contribution is -0.00855. The van der Waals surface area contributed by atoms with Crippen LogP contribution in [0.5, 0.6) is 11.5 Å². The van der Waals surface area contributed by atoms with Gasteiger partial charge in [0.1, 0.15) is 6.10 Å². The molecule has 2 aliphatic carbocycles. The van der Waals surface area contributed by atoms with E-state index in [1.807, 2.05) is 6.07 Å². The third-order valence-corrected chi connectivity index (χ3v) is 8.39. The second-order valence-electron chi connectivity index (χ2n) is 9.07. The summed E-state index contributed by atoms with van der Waals surface area (Å²) in [6, 6.07) is 8.69. The highest BCUT2D eigenvalue weighted by atomic mass is 35.5. The Labute approximate surface area is 190 Å². The summed E-state index contributed by atoms with van der Waals surface area (Å²) in [5.74, 6) is 0.818. The molecule has 5 unspecified atom stereocenters. The number of nitrogens with zero attached hydrogens (tertiary/aromatic N) is 1. The average molecular weight is 457 g/mol. The molecule has 160 valence electrons. The van der Waals surface area contributed by atoms with Gasteiger partial charge in [-0.15, -0.1) is 0 Å². The van der Waals surface area contributed by atoms with Gasteiger partial charge in [-0.2, -0.15) is 0 Å². The molecular formula is C24H22Cl2N2O3. The molecule has 5 nitrogen and oxygen atoms in total. The Hall–Kier alpha value is -2.21. The maximum Gasteiger partial charge on any atom is 0.251 e. The summed E-state index contributed by atoms with van der Waals surface area (Å²) in [5, 5.41) is 14.5. The van der Waals surface area contributed by atoms with Crippen LogP contribution in [0.2, 0.25) is 10.0 Å². The molecule has 2 aliphatic heterocycles. The first kappa shape index (κ1) is 19.5. The maximum atomic E-state index is 13.0. The van der Waals surface area contributed by atoms with Crippen LogP contribution in [-0.4, -0.2) is 47.7 Å². The number of ether oxygens (including phenoxy) is 1. The zero-order valence-electron chi connectivity index (χ0n) is 16.9. The molecular weight excluding hydrogens is 435 g/mol. The number of aromatic hydroxyl groups is 1. The lowest BCUT2D eigenvalue weighted by Gasteiger charge is -2.57. The van der Waals surface area contributed by atoms with E-state index in [-0.39, 0.29) is 35.1 Å². The smallest absolute Gasteiger partial charge is 0.251 e. The van der Waals surface area contributed by atoms with E-state index in [0.29, 0.717) is 27.4 Å². The van der Waals surface area contributed by atoms with Crippen LogP contribution in [0.25, 0.3) is 0 Å². The number of nitrogens with one attached hydrogen (secondary N) is 1. The van der Waals surface area contributed by atoms with Gasteiger partial charge >= 0.3 is 0 Å². The van der Waals surface area contributed by atoms with Gasteiger partial charge in [-0.1, -0.05) is 41.4 Å². The van der Waals surface area contributed by atoms with Crippen molar-refractivity contribution in [3.63, 3.8) is 0 Å². The van der Waals surface area contributed by atoms with Crippen molar-refractivity contribution in [3.05, 3.63) is 69.2 Å². The minimum Gasteiger partial charge on any atom is -0.504 e. The van der Waals surface area contributed by atoms with Gasteiger partial charge in [-0.05, 0) is 56.3 Å². The minimum absolute atomic E-state index is 0.174. The van der Waals surface area contributed by atoms with Crippen molar-refractivity contribution in [2.75, 3.05) is 13.6 Å². The number of benzene rings is 2. The van der Waals surface area contributed by atoms with Gasteiger partial charge in [-0.25, -0.2) is 0 Å². The second-order valence-corrected chi connectivity index (χ2v) is 9.88. The molecule has 1 spiro atoms. The highest BCUT2D eigenvalue weighted by Gasteiger charge is 2.64. The molecule has 1 saturated heterocycles. The number of likely N-dealkylation sites (tertiary alicyclic amines) is 1. The number of hydrogen-bond donors (Lipinski definition) is 2. The molecule has 1 amide bonds. The van der Waals surface area contributed by atoms with Crippen molar-refractivity contribution in [2.24, 2.45) is 5.92 Å². The first-order valence-corrected chi connectivity index (χ1v) is 11.3. The van der Waals surface area contributed by atoms with E-state index in [0.717, 1.165) is 24.9 Å². The number of phenolic OH excluding ortho intramolecular Hbond substituents is 1. The quantitative estimate of drug-likeness (QED) is 0.671. The fraction of sp³-hybridized carbons (Fsp3) is 0.375. The van der Waals surface area contributed by atoms with Gasteiger partial charge in [0, 0.05) is 28.5 Å². The van der Waals surface area contributed by atoms with E-state index in [2.05, 4.69) is 29.4 Å². The van der Waals surface area contributed by atoms with Crippen LogP contribution in [0.4, 0.5) is 0 Å². The number of likely N-dealkylation sites (N-methyl/N-ethyl adjacent to an activating group) is 1. The van der Waals surface area contributed by atoms with E-state index >= 15 is 0 Å². The van der Waals surface area contributed by atoms with Crippen molar-refractivity contribution in [2.45, 2.75) is 36.4 Å². The van der Waals surface area contributed by atoms with Crippen LogP contribution in [0.15, 0.2) is 42.5 Å². The predicted molar refractivity (Wildman–Crippen MR) is 119 cm³/mol. The number of carbonyl (C=O) groups is 1. The number of rotatable bonds is 2. The molecule has 0 radical (unpaired) electrons. The molecule has 0 saturated carbocycles. The molecule has 2 N–H and O–H groups in total. The van der Waals surface area contributed by atoms with Crippen molar-refractivity contribution in [3.8, 4) is 11.5 Å². The molecule has 2 bridgehead atoms. The number of hydrogen-bond acceptors (Lipinski definition) is 4. The van der Waals surface area contributed by atoms with Crippen LogP contribution in [-0.2, 0) is 11.8 Å². The van der Waals surface area contributed by atoms with Gasteiger partial charge in [0.05, 0.1) is 16.1 Å². The normalized spacial score (nSPS) is 32.4. The summed E-state index contributed by atoms with van der Waals surface area (Å²) in [6.07, 6.45) is 5.90. The number of carbonyl (C=O) groups excluding carboxylic acids is 1. The topological polar surface area (TPSA) is 61.8 Å². The van der Waals surface area contributed by atoms with E-state index < -0.39 is 0 Å². The SMILES string of the molecule is CN1CCC23c4c5ccc(O)c4OC2C(NC(=O)c2ccc(Cl)c(Cl)c2)C=CC3C1C5. The van der Waals surface area contributed by atoms with E-state index in [4.69, 9.17) is 27.9 Å². The van der Waals surface area contributed by atoms with Crippen LogP contribution < -0.4 is 10.1 Å². The molecule has 0 aromatic heterocycles. The molecule has 2 heterocycles. The van der Waals surface area contributed by atoms with Crippen molar-refractivity contribution in [1.82, 2.24) is 10.2 Å². The zero-order valence-corrected chi connectivity index (χ0v) is 18.5. The van der Waals surface area contributed by atoms with Gasteiger partial charge in [-0.3, -0.25) is 4.79 Å². The minimum atomic E-state index is -0.319. The van der Waals surface area contributed by atoms with E-state index in [1.165, 1.54) is 5.56 Å². The fourth-order valence-electron chi connectivity index (χ4n) is 6.26. The Morgan fingerprint density at radius 2 is 2.06 bits per heavy atom. The zero-order chi connectivity index (χ0) is 21.5. The van der Waals surface area contributed by atoms with Gasteiger partial charge in [0.15, 0.2) is 11.5 Å². The van der Waals surface area contributed by atoms with E-state index in [9.17, 15) is 9.90 Å². The summed E-state index contributed by atoms with van der Waals surface area (Å²) in [4.78, 5) is 15.5. The molecule has 5 atom stereocenters. The monoisotopic (exact) mass is 456 g/mol. The van der Waals surface area contributed by atoms with Crippen LogP contribution in [0, 0.1) is 5.92 Å². The first-order valence-electron chi connectivity index (χ1n) is 10.6. The summed E-state index contributed by atoms with van der Waals surface area (Å²) in [5.41, 5.74) is 2.59. The molecule has 6 rings (SSSR count). The maximum absolute atomic E-state index is 13.0. The van der Waals surface area contributed by atoms with Crippen LogP contribution in [0.1, 0.15) is 27.9 Å². The summed E-state index contributed by atoms with van der Waals surface area (Å²) in [6.45, 7) is 0.955. The number of piperidine rings is 1. The first-order chi connectivity index (χ1) is 14.9. The summed E-state index contributed by atoms with van der Waals surface area (Å²) in [7, 11) is 2.18. The van der Waals surface area contributed by atoms with Crippen LogP contribution >= 0.6 is 23.2 Å². The lowest BCUT2D eigenvalue weighted by Crippen LogP contribution is -2.66. The molecule has 1 fully saturated rings. The summed E-state index contributed by atoms with van der Waals surface area (Å²) >= 11 is 12.1. The Morgan fingerprint density at radius 3 is 2.87 bits per heavy atom. The highest BCUT2D eigenvalue weighted by molar-refractivity contribution is 6.42. The average Bonchev–Trinajstić information content (AvgIpc) is 3.11. The van der Waals surface area contributed by atoms with Crippen LogP contribution in [0.3, 0.4) is 0 Å². The second kappa shape index (κ2) is 6.64. The summed E-state index contributed by atoms with van der Waals surface area (Å²) < 4.78 is 6.46. The predicted octanol–water partition coefficient (Wildman–Crippen LogP) is 3.94. The van der Waals surface area contributed by atoms with Gasteiger partial charge in [0.2, 0.25) is 0 Å². The van der Waals surface area contributed by atoms with Crippen molar-refractivity contribution < 1.29 is 14.6 Å². The molecule has 7 heteroatoms. The molecule has 31 heavy (non-hydrogen) atoms. The Morgan fingerprint density at radius 1 is 1.23 bits per heavy atom. The van der Waals surface area contributed by atoms with E-state index in [1.54, 1.807) is 24.3 Å². The third kappa shape index (κ3) is 2.57. The Balaban J connectivity index is 1.41.